The average molecular weight is 375 g/mol. The number of benzene rings is 2. The van der Waals surface area contributed by atoms with E-state index in [-0.39, 0.29) is 0 Å². The van der Waals surface area contributed by atoms with Crippen LogP contribution in [-0.4, -0.2) is 14.8 Å². The van der Waals surface area contributed by atoms with Crippen LogP contribution in [0.3, 0.4) is 0 Å². The highest BCUT2D eigenvalue weighted by Gasteiger charge is 2.11. The largest absolute Gasteiger partial charge is 0.310 e. The van der Waals surface area contributed by atoms with E-state index in [1.165, 1.54) is 10.5 Å². The van der Waals surface area contributed by atoms with Gasteiger partial charge in [0.1, 0.15) is 5.82 Å². The molecule has 0 spiro atoms. The second-order valence-corrected chi connectivity index (χ2v) is 7.76. The van der Waals surface area contributed by atoms with Gasteiger partial charge in [-0.05, 0) is 54.6 Å². The molecule has 0 aliphatic rings. The minimum atomic E-state index is 0.543. The smallest absolute Gasteiger partial charge is 0.140 e. The number of hydrogen-bond acceptors (Lipinski definition) is 4. The summed E-state index contributed by atoms with van der Waals surface area (Å²) < 4.78 is 5.43. The molecule has 4 aromatic rings. The molecule has 0 saturated heterocycles. The number of nitrogens with one attached hydrogen (secondary N) is 1. The first kappa shape index (κ1) is 17.6. The molecule has 4 nitrogen and oxygen atoms in total. The Morgan fingerprint density at radius 3 is 2.63 bits per heavy atom. The van der Waals surface area contributed by atoms with Crippen molar-refractivity contribution < 1.29 is 0 Å². The van der Waals surface area contributed by atoms with Crippen LogP contribution in [0.1, 0.15) is 31.0 Å². The lowest BCUT2D eigenvalue weighted by Crippen LogP contribution is -2.02. The first-order valence-corrected chi connectivity index (χ1v) is 9.86. The fraction of sp³-hybridized carbons (Fsp3) is 0.182. The Bertz CT molecular complexity index is 1060. The van der Waals surface area contributed by atoms with Crippen LogP contribution in [0.2, 0.25) is 0 Å². The molecule has 0 bridgehead atoms. The Hall–Kier alpha value is -2.79. The van der Waals surface area contributed by atoms with Gasteiger partial charge in [-0.2, -0.15) is 5.10 Å². The van der Waals surface area contributed by atoms with E-state index in [1.807, 2.05) is 36.1 Å². The number of aryl methyl sites for hydroxylation is 1. The molecule has 2 aromatic heterocycles. The Kier molecular flexibility index (Phi) is 4.86. The number of nitrogens with zero attached hydrogens (tertiary/aromatic N) is 3. The van der Waals surface area contributed by atoms with Crippen molar-refractivity contribution >= 4 is 28.5 Å². The predicted molar refractivity (Wildman–Crippen MR) is 114 cm³/mol. The van der Waals surface area contributed by atoms with Crippen molar-refractivity contribution in [1.29, 1.82) is 0 Å². The summed E-state index contributed by atoms with van der Waals surface area (Å²) in [5.74, 6) is 1.50. The zero-order valence-electron chi connectivity index (χ0n) is 15.7. The third-order valence-electron chi connectivity index (χ3n) is 4.54. The van der Waals surface area contributed by atoms with Crippen molar-refractivity contribution in [3.8, 4) is 5.69 Å². The number of rotatable bonds is 5. The van der Waals surface area contributed by atoms with Gasteiger partial charge in [-0.15, -0.1) is 0 Å². The van der Waals surface area contributed by atoms with Gasteiger partial charge in [-0.1, -0.05) is 38.1 Å². The Labute approximate surface area is 163 Å². The molecule has 0 saturated carbocycles. The second kappa shape index (κ2) is 7.45. The van der Waals surface area contributed by atoms with Crippen LogP contribution in [0.25, 0.3) is 16.5 Å². The number of hydrogen-bond donors (Lipinski definition) is 1. The summed E-state index contributed by atoms with van der Waals surface area (Å²) >= 11 is 1.60. The normalized spacial score (nSPS) is 11.3. The molecule has 5 heteroatoms. The highest BCUT2D eigenvalue weighted by Crippen LogP contribution is 2.28. The van der Waals surface area contributed by atoms with E-state index in [2.05, 4.69) is 66.0 Å². The fourth-order valence-electron chi connectivity index (χ4n) is 3.08. The number of pyridine rings is 1. The van der Waals surface area contributed by atoms with E-state index in [0.29, 0.717) is 5.92 Å². The van der Waals surface area contributed by atoms with Gasteiger partial charge < -0.3 is 4.72 Å². The third-order valence-corrected chi connectivity index (χ3v) is 5.36. The fourth-order valence-corrected chi connectivity index (χ4v) is 3.72. The number of aromatic nitrogens is 3. The molecule has 0 aliphatic carbocycles. The van der Waals surface area contributed by atoms with Crippen molar-refractivity contribution in [2.75, 3.05) is 4.72 Å². The monoisotopic (exact) mass is 374 g/mol. The second-order valence-electron chi connectivity index (χ2n) is 6.88. The number of fused-ring (bicyclic) bond motifs is 1. The van der Waals surface area contributed by atoms with Crippen LogP contribution in [0.4, 0.5) is 5.82 Å². The van der Waals surface area contributed by atoms with Crippen molar-refractivity contribution in [2.24, 2.45) is 0 Å². The Morgan fingerprint density at radius 2 is 1.85 bits per heavy atom. The van der Waals surface area contributed by atoms with Crippen LogP contribution >= 0.6 is 11.9 Å². The zero-order valence-corrected chi connectivity index (χ0v) is 16.5. The lowest BCUT2D eigenvalue weighted by atomic mass is 10.0. The topological polar surface area (TPSA) is 42.7 Å². The summed E-state index contributed by atoms with van der Waals surface area (Å²) in [7, 11) is 0. The summed E-state index contributed by atoms with van der Waals surface area (Å²) in [5.41, 5.74) is 3.37. The van der Waals surface area contributed by atoms with Crippen LogP contribution in [0.15, 0.2) is 71.9 Å². The van der Waals surface area contributed by atoms with E-state index in [1.54, 1.807) is 11.9 Å². The maximum Gasteiger partial charge on any atom is 0.140 e. The molecule has 0 aliphatic heterocycles. The van der Waals surface area contributed by atoms with Gasteiger partial charge in [0.15, 0.2) is 0 Å². The van der Waals surface area contributed by atoms with Gasteiger partial charge in [0, 0.05) is 34.1 Å². The van der Waals surface area contributed by atoms with Crippen molar-refractivity contribution in [1.82, 2.24) is 14.8 Å². The summed E-state index contributed by atoms with van der Waals surface area (Å²) in [6, 6.07) is 19.0. The summed E-state index contributed by atoms with van der Waals surface area (Å²) in [5, 5.41) is 6.93. The Balaban J connectivity index is 1.63. The lowest BCUT2D eigenvalue weighted by Gasteiger charge is -2.12. The third kappa shape index (κ3) is 3.69. The van der Waals surface area contributed by atoms with Crippen LogP contribution in [0, 0.1) is 6.92 Å². The highest BCUT2D eigenvalue weighted by atomic mass is 32.2. The summed E-state index contributed by atoms with van der Waals surface area (Å²) in [6.45, 7) is 6.43. The van der Waals surface area contributed by atoms with Gasteiger partial charge in [0.2, 0.25) is 0 Å². The maximum atomic E-state index is 4.70. The molecule has 4 rings (SSSR count). The molecule has 0 radical (unpaired) electrons. The van der Waals surface area contributed by atoms with Crippen molar-refractivity contribution in [3.63, 3.8) is 0 Å². The lowest BCUT2D eigenvalue weighted by molar-refractivity contribution is 0.865. The van der Waals surface area contributed by atoms with Gasteiger partial charge >= 0.3 is 0 Å². The molecule has 136 valence electrons. The molecule has 2 aromatic carbocycles. The van der Waals surface area contributed by atoms with Crippen molar-refractivity contribution in [2.45, 2.75) is 31.6 Å². The van der Waals surface area contributed by atoms with Gasteiger partial charge in [-0.25, -0.2) is 4.68 Å². The maximum absolute atomic E-state index is 4.70. The van der Waals surface area contributed by atoms with E-state index in [0.717, 1.165) is 28.0 Å². The molecule has 2 heterocycles. The first-order valence-electron chi connectivity index (χ1n) is 9.04. The summed E-state index contributed by atoms with van der Waals surface area (Å²) in [4.78, 5) is 5.39. The molecular formula is C22H22N4S. The molecule has 0 atom stereocenters. The summed E-state index contributed by atoms with van der Waals surface area (Å²) in [6.07, 6.45) is 3.70. The van der Waals surface area contributed by atoms with E-state index < -0.39 is 0 Å². The van der Waals surface area contributed by atoms with E-state index >= 15 is 0 Å². The average Bonchev–Trinajstić information content (AvgIpc) is 3.06. The van der Waals surface area contributed by atoms with E-state index in [4.69, 9.17) is 5.10 Å². The molecule has 0 amide bonds. The molecule has 0 unspecified atom stereocenters. The minimum absolute atomic E-state index is 0.543. The predicted octanol–water partition coefficient (Wildman–Crippen LogP) is 5.97. The van der Waals surface area contributed by atoms with E-state index in [9.17, 15) is 0 Å². The quantitative estimate of drug-likeness (QED) is 0.437. The Morgan fingerprint density at radius 1 is 1.04 bits per heavy atom. The minimum Gasteiger partial charge on any atom is -0.310 e. The highest BCUT2D eigenvalue weighted by molar-refractivity contribution is 8.00. The van der Waals surface area contributed by atoms with Crippen molar-refractivity contribution in [3.05, 3.63) is 78.2 Å². The SMILES string of the molecule is Cc1cc(NSc2ccc(C(C)C)cc2)n(-c2cccc3cnccc23)n1. The van der Waals surface area contributed by atoms with Gasteiger partial charge in [0.05, 0.1) is 11.4 Å². The zero-order chi connectivity index (χ0) is 18.8. The molecule has 27 heavy (non-hydrogen) atoms. The van der Waals surface area contributed by atoms with Crippen LogP contribution in [-0.2, 0) is 0 Å². The van der Waals surface area contributed by atoms with Crippen LogP contribution in [0.5, 0.6) is 0 Å². The van der Waals surface area contributed by atoms with Crippen LogP contribution < -0.4 is 4.72 Å². The number of anilines is 1. The van der Waals surface area contributed by atoms with Gasteiger partial charge in [0.25, 0.3) is 0 Å². The molecule has 1 N–H and O–H groups in total. The van der Waals surface area contributed by atoms with Gasteiger partial charge in [-0.3, -0.25) is 4.98 Å². The first-order chi connectivity index (χ1) is 13.1. The molecule has 0 fully saturated rings. The standard InChI is InChI=1S/C22H22N4S/c1-15(2)17-7-9-19(10-8-17)27-25-22-13-16(3)24-26(22)21-6-4-5-18-14-23-12-11-20(18)21/h4-15,25H,1-3H3. The molecular weight excluding hydrogens is 352 g/mol.